The standard InChI is InChI=1S/C20H20ClFN4O4S/c21-17-4-3-16(31-17)19(28)23-12-5-6-25(10-12)11-18(27)24-15-2-1-13(9-14(15)22)26-7-8-30-20(26)29/h1-4,9,12H,5-8,10-11H2,(H,23,28)(H,24,27). The Kier molecular flexibility index (Phi) is 6.40. The van der Waals surface area contributed by atoms with Crippen LogP contribution in [0.3, 0.4) is 0 Å². The molecule has 2 fully saturated rings. The molecule has 8 nitrogen and oxygen atoms in total. The molecule has 0 bridgehead atoms. The van der Waals surface area contributed by atoms with Crippen LogP contribution in [0.25, 0.3) is 0 Å². The van der Waals surface area contributed by atoms with Crippen LogP contribution >= 0.6 is 22.9 Å². The van der Waals surface area contributed by atoms with Gasteiger partial charge in [0.25, 0.3) is 5.91 Å². The summed E-state index contributed by atoms with van der Waals surface area (Å²) in [5.41, 5.74) is 0.420. The highest BCUT2D eigenvalue weighted by Crippen LogP contribution is 2.25. The molecule has 0 saturated carbocycles. The molecular formula is C20H20ClFN4O4S. The van der Waals surface area contributed by atoms with Crippen molar-refractivity contribution in [3.63, 3.8) is 0 Å². The first kappa shape index (κ1) is 21.5. The number of carbonyl (C=O) groups is 3. The maximum Gasteiger partial charge on any atom is 0.414 e. The number of hydrogen-bond donors (Lipinski definition) is 2. The van der Waals surface area contributed by atoms with Crippen LogP contribution in [-0.4, -0.2) is 61.6 Å². The van der Waals surface area contributed by atoms with Crippen molar-refractivity contribution >= 4 is 52.2 Å². The maximum atomic E-state index is 14.4. The average Bonchev–Trinajstić information content (AvgIpc) is 3.45. The fourth-order valence-electron chi connectivity index (χ4n) is 3.58. The normalized spacial score (nSPS) is 18.8. The van der Waals surface area contributed by atoms with E-state index in [-0.39, 0.29) is 36.7 Å². The van der Waals surface area contributed by atoms with E-state index in [2.05, 4.69) is 10.6 Å². The zero-order valence-corrected chi connectivity index (χ0v) is 18.0. The summed E-state index contributed by atoms with van der Waals surface area (Å²) >= 11 is 7.08. The van der Waals surface area contributed by atoms with Gasteiger partial charge in [-0.1, -0.05) is 11.6 Å². The lowest BCUT2D eigenvalue weighted by atomic mass is 10.2. The molecule has 2 N–H and O–H groups in total. The number of rotatable bonds is 6. The molecule has 1 aromatic heterocycles. The molecule has 1 atom stereocenters. The lowest BCUT2D eigenvalue weighted by molar-refractivity contribution is -0.117. The number of anilines is 2. The number of nitrogens with zero attached hydrogens (tertiary/aromatic N) is 2. The molecule has 164 valence electrons. The van der Waals surface area contributed by atoms with Gasteiger partial charge in [0.1, 0.15) is 12.4 Å². The van der Waals surface area contributed by atoms with E-state index in [1.807, 2.05) is 4.90 Å². The Bertz CT molecular complexity index is 1020. The maximum absolute atomic E-state index is 14.4. The van der Waals surface area contributed by atoms with Crippen molar-refractivity contribution in [3.8, 4) is 0 Å². The molecule has 2 saturated heterocycles. The Morgan fingerprint density at radius 1 is 1.26 bits per heavy atom. The number of hydrogen-bond acceptors (Lipinski definition) is 6. The van der Waals surface area contributed by atoms with Gasteiger partial charge in [-0.15, -0.1) is 11.3 Å². The molecular weight excluding hydrogens is 447 g/mol. The molecule has 2 aliphatic heterocycles. The molecule has 1 aromatic carbocycles. The number of amides is 3. The van der Waals surface area contributed by atoms with Crippen LogP contribution in [0.4, 0.5) is 20.6 Å². The third-order valence-electron chi connectivity index (χ3n) is 5.07. The summed E-state index contributed by atoms with van der Waals surface area (Å²) in [6.07, 6.45) is 0.196. The molecule has 0 radical (unpaired) electrons. The summed E-state index contributed by atoms with van der Waals surface area (Å²) in [5.74, 6) is -1.17. The third kappa shape index (κ3) is 5.15. The lowest BCUT2D eigenvalue weighted by Crippen LogP contribution is -2.38. The number of carbonyl (C=O) groups excluding carboxylic acids is 3. The second-order valence-corrected chi connectivity index (χ2v) is 8.99. The van der Waals surface area contributed by atoms with E-state index in [0.29, 0.717) is 41.0 Å². The lowest BCUT2D eigenvalue weighted by Gasteiger charge is -2.17. The minimum Gasteiger partial charge on any atom is -0.447 e. The smallest absolute Gasteiger partial charge is 0.414 e. The molecule has 3 amide bonds. The van der Waals surface area contributed by atoms with E-state index in [1.54, 1.807) is 18.2 Å². The first-order valence-corrected chi connectivity index (χ1v) is 10.9. The SMILES string of the molecule is O=C(CN1CCC(NC(=O)c2ccc(Cl)s2)C1)Nc1ccc(N2CCOC2=O)cc1F. The molecule has 0 spiro atoms. The van der Waals surface area contributed by atoms with Crippen molar-refractivity contribution < 1.29 is 23.5 Å². The van der Waals surface area contributed by atoms with Crippen molar-refractivity contribution in [2.75, 3.05) is 43.0 Å². The summed E-state index contributed by atoms with van der Waals surface area (Å²) in [7, 11) is 0. The van der Waals surface area contributed by atoms with Gasteiger partial charge in [0.2, 0.25) is 5.91 Å². The summed E-state index contributed by atoms with van der Waals surface area (Å²) in [6.45, 7) is 1.86. The Hall–Kier alpha value is -2.69. The minimum absolute atomic E-state index is 0.0416. The molecule has 3 heterocycles. The first-order chi connectivity index (χ1) is 14.9. The predicted octanol–water partition coefficient (Wildman–Crippen LogP) is 2.94. The number of nitrogens with one attached hydrogen (secondary N) is 2. The van der Waals surface area contributed by atoms with Crippen LogP contribution in [0.1, 0.15) is 16.1 Å². The number of benzene rings is 1. The summed E-state index contributed by atoms with van der Waals surface area (Å²) in [4.78, 5) is 40.0. The van der Waals surface area contributed by atoms with Gasteiger partial charge in [0.05, 0.1) is 33.7 Å². The van der Waals surface area contributed by atoms with E-state index in [9.17, 15) is 18.8 Å². The first-order valence-electron chi connectivity index (χ1n) is 9.71. The van der Waals surface area contributed by atoms with Crippen LogP contribution in [0.5, 0.6) is 0 Å². The van der Waals surface area contributed by atoms with E-state index in [1.165, 1.54) is 28.4 Å². The predicted molar refractivity (Wildman–Crippen MR) is 115 cm³/mol. The zero-order chi connectivity index (χ0) is 22.0. The van der Waals surface area contributed by atoms with Gasteiger partial charge < -0.3 is 15.4 Å². The van der Waals surface area contributed by atoms with Crippen LogP contribution in [0.2, 0.25) is 4.34 Å². The second kappa shape index (κ2) is 9.21. The van der Waals surface area contributed by atoms with E-state index in [0.717, 1.165) is 0 Å². The van der Waals surface area contributed by atoms with Crippen LogP contribution in [-0.2, 0) is 9.53 Å². The minimum atomic E-state index is -0.633. The number of halogens is 2. The van der Waals surface area contributed by atoms with E-state index >= 15 is 0 Å². The molecule has 4 rings (SSSR count). The van der Waals surface area contributed by atoms with Crippen molar-refractivity contribution in [1.29, 1.82) is 0 Å². The van der Waals surface area contributed by atoms with Crippen molar-refractivity contribution in [2.24, 2.45) is 0 Å². The largest absolute Gasteiger partial charge is 0.447 e. The number of thiophene rings is 1. The molecule has 0 aliphatic carbocycles. The van der Waals surface area contributed by atoms with E-state index in [4.69, 9.17) is 16.3 Å². The van der Waals surface area contributed by atoms with Crippen molar-refractivity contribution in [1.82, 2.24) is 10.2 Å². The van der Waals surface area contributed by atoms with Crippen LogP contribution in [0, 0.1) is 5.82 Å². The van der Waals surface area contributed by atoms with Gasteiger partial charge in [0, 0.05) is 19.1 Å². The zero-order valence-electron chi connectivity index (χ0n) is 16.4. The molecule has 11 heteroatoms. The Morgan fingerprint density at radius 2 is 2.10 bits per heavy atom. The molecule has 2 aliphatic rings. The quantitative estimate of drug-likeness (QED) is 0.683. The molecule has 31 heavy (non-hydrogen) atoms. The second-order valence-electron chi connectivity index (χ2n) is 7.28. The van der Waals surface area contributed by atoms with E-state index < -0.39 is 11.9 Å². The summed E-state index contributed by atoms with van der Waals surface area (Å²) < 4.78 is 19.8. The number of likely N-dealkylation sites (tertiary alicyclic amines) is 1. The van der Waals surface area contributed by atoms with Crippen molar-refractivity contribution in [3.05, 3.63) is 45.4 Å². The monoisotopic (exact) mass is 466 g/mol. The van der Waals surface area contributed by atoms with Gasteiger partial charge in [-0.3, -0.25) is 19.4 Å². The highest BCUT2D eigenvalue weighted by molar-refractivity contribution is 7.18. The topological polar surface area (TPSA) is 91.0 Å². The Morgan fingerprint density at radius 3 is 2.77 bits per heavy atom. The number of ether oxygens (including phenoxy) is 1. The third-order valence-corrected chi connectivity index (χ3v) is 6.30. The van der Waals surface area contributed by atoms with Crippen molar-refractivity contribution in [2.45, 2.75) is 12.5 Å². The molecule has 2 aromatic rings. The van der Waals surface area contributed by atoms with Gasteiger partial charge in [0.15, 0.2) is 0 Å². The fraction of sp³-hybridized carbons (Fsp3) is 0.350. The van der Waals surface area contributed by atoms with Gasteiger partial charge in [-0.2, -0.15) is 0 Å². The van der Waals surface area contributed by atoms with Gasteiger partial charge in [-0.25, -0.2) is 9.18 Å². The Balaban J connectivity index is 1.27. The summed E-state index contributed by atoms with van der Waals surface area (Å²) in [5, 5.41) is 5.50. The van der Waals surface area contributed by atoms with Gasteiger partial charge in [-0.05, 0) is 36.8 Å². The summed E-state index contributed by atoms with van der Waals surface area (Å²) in [6, 6.07) is 7.46. The van der Waals surface area contributed by atoms with Crippen LogP contribution < -0.4 is 15.5 Å². The highest BCUT2D eigenvalue weighted by atomic mass is 35.5. The Labute approximate surface area is 186 Å². The van der Waals surface area contributed by atoms with Gasteiger partial charge >= 0.3 is 6.09 Å². The number of cyclic esters (lactones) is 1. The molecule has 1 unspecified atom stereocenters. The fourth-order valence-corrected chi connectivity index (χ4v) is 4.53. The van der Waals surface area contributed by atoms with Crippen LogP contribution in [0.15, 0.2) is 30.3 Å². The average molecular weight is 467 g/mol. The highest BCUT2D eigenvalue weighted by Gasteiger charge is 2.27.